The van der Waals surface area contributed by atoms with E-state index in [1.54, 1.807) is 0 Å². The van der Waals surface area contributed by atoms with Crippen LogP contribution in [-0.4, -0.2) is 41.3 Å². The lowest BCUT2D eigenvalue weighted by molar-refractivity contribution is -0.929. The highest BCUT2D eigenvalue weighted by Crippen LogP contribution is 2.38. The van der Waals surface area contributed by atoms with Crippen molar-refractivity contribution in [3.05, 3.63) is 36.2 Å². The van der Waals surface area contributed by atoms with Crippen molar-refractivity contribution in [2.45, 2.75) is 19.3 Å². The Morgan fingerprint density at radius 1 is 1.19 bits per heavy atom. The number of quaternary nitrogens is 1. The van der Waals surface area contributed by atoms with Crippen LogP contribution in [0.1, 0.15) is 18.7 Å². The molecule has 1 unspecified atom stereocenters. The summed E-state index contributed by atoms with van der Waals surface area (Å²) < 4.78 is 6.73. The molecule has 110 valence electrons. The average molecular weight is 284 g/mol. The monoisotopic (exact) mass is 284 g/mol. The van der Waals surface area contributed by atoms with E-state index in [0.717, 1.165) is 23.8 Å². The molecule has 2 aromatic rings. The van der Waals surface area contributed by atoms with Crippen molar-refractivity contribution >= 4 is 0 Å². The van der Waals surface area contributed by atoms with E-state index in [1.165, 1.54) is 37.0 Å². The van der Waals surface area contributed by atoms with Crippen LogP contribution in [0.5, 0.6) is 0 Å². The molecular formula is C17H22N3O+. The predicted octanol–water partition coefficient (Wildman–Crippen LogP) is 2.77. The molecule has 4 heteroatoms. The molecule has 3 aliphatic heterocycles. The summed E-state index contributed by atoms with van der Waals surface area (Å²) in [7, 11) is 2.39. The third-order valence-corrected chi connectivity index (χ3v) is 5.36. The van der Waals surface area contributed by atoms with E-state index in [9.17, 15) is 0 Å². The largest absolute Gasteiger partial charge is 0.339 e. The fourth-order valence-corrected chi connectivity index (χ4v) is 4.08. The minimum absolute atomic E-state index is 0.710. The summed E-state index contributed by atoms with van der Waals surface area (Å²) in [5, 5.41) is 4.14. The van der Waals surface area contributed by atoms with Crippen LogP contribution in [0, 0.1) is 11.8 Å². The van der Waals surface area contributed by atoms with Crippen LogP contribution in [-0.2, 0) is 6.42 Å². The number of piperidine rings is 3. The van der Waals surface area contributed by atoms with Crippen molar-refractivity contribution in [2.75, 3.05) is 26.7 Å². The Morgan fingerprint density at radius 3 is 2.67 bits per heavy atom. The van der Waals surface area contributed by atoms with Gasteiger partial charge in [0.2, 0.25) is 11.7 Å². The molecule has 21 heavy (non-hydrogen) atoms. The van der Waals surface area contributed by atoms with Crippen LogP contribution >= 0.6 is 0 Å². The van der Waals surface area contributed by atoms with Gasteiger partial charge in [-0.05, 0) is 5.92 Å². The lowest BCUT2D eigenvalue weighted by atomic mass is 9.76. The maximum atomic E-state index is 5.49. The van der Waals surface area contributed by atoms with Crippen molar-refractivity contribution in [3.63, 3.8) is 0 Å². The highest BCUT2D eigenvalue weighted by atomic mass is 16.5. The van der Waals surface area contributed by atoms with Gasteiger partial charge in [0.1, 0.15) is 0 Å². The summed E-state index contributed by atoms with van der Waals surface area (Å²) in [5.41, 5.74) is 1.03. The number of hydrogen-bond donors (Lipinski definition) is 0. The molecule has 3 saturated heterocycles. The van der Waals surface area contributed by atoms with Gasteiger partial charge in [-0.15, -0.1) is 0 Å². The van der Waals surface area contributed by atoms with Gasteiger partial charge in [0.05, 0.1) is 26.7 Å². The van der Waals surface area contributed by atoms with Crippen LogP contribution < -0.4 is 0 Å². The number of aromatic nitrogens is 2. The van der Waals surface area contributed by atoms with E-state index in [0.29, 0.717) is 11.7 Å². The van der Waals surface area contributed by atoms with Gasteiger partial charge in [-0.3, -0.25) is 0 Å². The van der Waals surface area contributed by atoms with E-state index in [1.807, 2.05) is 30.3 Å². The second kappa shape index (κ2) is 4.95. The number of fused-ring (bicyclic) bond motifs is 3. The minimum Gasteiger partial charge on any atom is -0.339 e. The number of hydrogen-bond acceptors (Lipinski definition) is 3. The third-order valence-electron chi connectivity index (χ3n) is 5.36. The first-order valence-electron chi connectivity index (χ1n) is 7.93. The van der Waals surface area contributed by atoms with Crippen LogP contribution in [0.15, 0.2) is 34.9 Å². The molecule has 0 radical (unpaired) electrons. The topological polar surface area (TPSA) is 38.9 Å². The minimum atomic E-state index is 0.710. The van der Waals surface area contributed by atoms with E-state index < -0.39 is 0 Å². The molecule has 0 spiro atoms. The number of nitrogens with zero attached hydrogens (tertiary/aromatic N) is 3. The zero-order chi connectivity index (χ0) is 14.3. The zero-order valence-corrected chi connectivity index (χ0v) is 12.5. The molecule has 0 saturated carbocycles. The van der Waals surface area contributed by atoms with Gasteiger partial charge in [-0.2, -0.15) is 4.98 Å². The molecular weight excluding hydrogens is 262 g/mol. The van der Waals surface area contributed by atoms with Crippen molar-refractivity contribution in [1.29, 1.82) is 0 Å². The first-order chi connectivity index (χ1) is 10.2. The van der Waals surface area contributed by atoms with Crippen molar-refractivity contribution in [2.24, 2.45) is 11.8 Å². The summed E-state index contributed by atoms with van der Waals surface area (Å²) in [4.78, 5) is 4.60. The predicted molar refractivity (Wildman–Crippen MR) is 80.4 cm³/mol. The Morgan fingerprint density at radius 2 is 1.95 bits per heavy atom. The van der Waals surface area contributed by atoms with E-state index in [2.05, 4.69) is 17.2 Å². The first kappa shape index (κ1) is 13.0. The smallest absolute Gasteiger partial charge is 0.227 e. The molecule has 3 aliphatic rings. The molecule has 0 N–H and O–H groups in total. The van der Waals surface area contributed by atoms with E-state index >= 15 is 0 Å². The SMILES string of the molecule is C[N+]12CCC(CC1)C(Cc1nc(-c3ccccc3)no1)C2. The zero-order valence-electron chi connectivity index (χ0n) is 12.5. The molecule has 1 aromatic carbocycles. The normalized spacial score (nSPS) is 31.5. The van der Waals surface area contributed by atoms with E-state index in [-0.39, 0.29) is 0 Å². The van der Waals surface area contributed by atoms with Gasteiger partial charge in [0.15, 0.2) is 0 Å². The molecule has 4 nitrogen and oxygen atoms in total. The highest BCUT2D eigenvalue weighted by molar-refractivity contribution is 5.53. The Hall–Kier alpha value is -1.68. The molecule has 2 bridgehead atoms. The Labute approximate surface area is 125 Å². The number of rotatable bonds is 3. The van der Waals surface area contributed by atoms with Crippen LogP contribution in [0.4, 0.5) is 0 Å². The summed E-state index contributed by atoms with van der Waals surface area (Å²) in [5.74, 6) is 3.09. The molecule has 1 atom stereocenters. The second-order valence-corrected chi connectivity index (χ2v) is 6.93. The Balaban J connectivity index is 1.50. The van der Waals surface area contributed by atoms with Gasteiger partial charge in [0, 0.05) is 30.7 Å². The molecule has 3 fully saturated rings. The van der Waals surface area contributed by atoms with Gasteiger partial charge < -0.3 is 9.01 Å². The van der Waals surface area contributed by atoms with Gasteiger partial charge in [-0.1, -0.05) is 35.5 Å². The first-order valence-corrected chi connectivity index (χ1v) is 7.93. The summed E-state index contributed by atoms with van der Waals surface area (Å²) in [6, 6.07) is 10.1. The molecule has 1 aromatic heterocycles. The average Bonchev–Trinajstić information content (AvgIpc) is 2.97. The molecule has 4 heterocycles. The van der Waals surface area contributed by atoms with Crippen LogP contribution in [0.3, 0.4) is 0 Å². The fourth-order valence-electron chi connectivity index (χ4n) is 4.08. The van der Waals surface area contributed by atoms with Gasteiger partial charge in [0.25, 0.3) is 0 Å². The summed E-state index contributed by atoms with van der Waals surface area (Å²) in [6.07, 6.45) is 3.67. The van der Waals surface area contributed by atoms with Crippen LogP contribution in [0.2, 0.25) is 0 Å². The molecule has 0 aliphatic carbocycles. The fraction of sp³-hybridized carbons (Fsp3) is 0.529. The Bertz CT molecular complexity index is 614. The molecule has 0 amide bonds. The summed E-state index contributed by atoms with van der Waals surface area (Å²) in [6.45, 7) is 3.97. The quantitative estimate of drug-likeness (QED) is 0.814. The number of benzene rings is 1. The Kier molecular flexibility index (Phi) is 3.07. The second-order valence-electron chi connectivity index (χ2n) is 6.93. The van der Waals surface area contributed by atoms with Crippen molar-refractivity contribution in [3.8, 4) is 11.4 Å². The van der Waals surface area contributed by atoms with Crippen molar-refractivity contribution < 1.29 is 9.01 Å². The highest BCUT2D eigenvalue weighted by Gasteiger charge is 2.43. The molecule has 5 rings (SSSR count). The van der Waals surface area contributed by atoms with Crippen LogP contribution in [0.25, 0.3) is 11.4 Å². The van der Waals surface area contributed by atoms with Crippen molar-refractivity contribution in [1.82, 2.24) is 10.1 Å². The lowest BCUT2D eigenvalue weighted by Gasteiger charge is -2.50. The van der Waals surface area contributed by atoms with Gasteiger partial charge >= 0.3 is 0 Å². The maximum absolute atomic E-state index is 5.49. The summed E-state index contributed by atoms with van der Waals surface area (Å²) >= 11 is 0. The third kappa shape index (κ3) is 2.48. The van der Waals surface area contributed by atoms with Gasteiger partial charge in [-0.25, -0.2) is 0 Å². The maximum Gasteiger partial charge on any atom is 0.227 e. The lowest BCUT2D eigenvalue weighted by Crippen LogP contribution is -2.59. The standard InChI is InChI=1S/C17H22N3O/c1-20-9-7-13(8-10-20)15(12-20)11-16-18-17(19-21-16)14-5-3-2-4-6-14/h2-6,13,15H,7-12H2,1H3/q+1. The van der Waals surface area contributed by atoms with E-state index in [4.69, 9.17) is 4.52 Å².